The molecule has 5 heteroatoms. The first-order chi connectivity index (χ1) is 8.40. The van der Waals surface area contributed by atoms with Crippen molar-refractivity contribution in [3.05, 3.63) is 29.3 Å². The van der Waals surface area contributed by atoms with Crippen LogP contribution in [0.5, 0.6) is 0 Å². The Labute approximate surface area is 112 Å². The zero-order valence-corrected chi connectivity index (χ0v) is 11.7. The molecule has 4 nitrogen and oxygen atoms in total. The van der Waals surface area contributed by atoms with Crippen molar-refractivity contribution in [2.75, 3.05) is 5.75 Å². The summed E-state index contributed by atoms with van der Waals surface area (Å²) < 4.78 is 0. The highest BCUT2D eigenvalue weighted by Crippen LogP contribution is 2.23. The van der Waals surface area contributed by atoms with E-state index in [9.17, 15) is 4.79 Å². The van der Waals surface area contributed by atoms with Crippen LogP contribution < -0.4 is 11.1 Å². The molecule has 1 amide bonds. The number of amides is 1. The van der Waals surface area contributed by atoms with Crippen LogP contribution in [0.3, 0.4) is 0 Å². The van der Waals surface area contributed by atoms with E-state index in [1.807, 2.05) is 39.0 Å². The Morgan fingerprint density at radius 2 is 2.17 bits per heavy atom. The van der Waals surface area contributed by atoms with Crippen LogP contribution >= 0.6 is 11.8 Å². The Morgan fingerprint density at radius 1 is 1.50 bits per heavy atom. The third kappa shape index (κ3) is 4.41. The minimum absolute atomic E-state index is 0.00833. The molecule has 0 radical (unpaired) electrons. The highest BCUT2D eigenvalue weighted by atomic mass is 32.2. The molecule has 0 spiro atoms. The predicted molar refractivity (Wildman–Crippen MR) is 76.2 cm³/mol. The molecule has 1 rings (SSSR count). The van der Waals surface area contributed by atoms with Crippen molar-refractivity contribution in [3.8, 4) is 0 Å². The van der Waals surface area contributed by atoms with Gasteiger partial charge in [-0.05, 0) is 38.5 Å². The Kier molecular flexibility index (Phi) is 5.22. The topological polar surface area (TPSA) is 79.0 Å². The van der Waals surface area contributed by atoms with Crippen LogP contribution in [-0.4, -0.2) is 23.5 Å². The fraction of sp³-hybridized carbons (Fsp3) is 0.385. The van der Waals surface area contributed by atoms with Crippen molar-refractivity contribution in [1.29, 1.82) is 5.41 Å². The lowest BCUT2D eigenvalue weighted by molar-refractivity contribution is -0.119. The van der Waals surface area contributed by atoms with E-state index < -0.39 is 0 Å². The molecule has 0 aromatic heterocycles. The molecule has 0 unspecified atom stereocenters. The van der Waals surface area contributed by atoms with Crippen LogP contribution in [0.2, 0.25) is 0 Å². The molecule has 0 saturated carbocycles. The van der Waals surface area contributed by atoms with Crippen LogP contribution in [0, 0.1) is 12.3 Å². The normalized spacial score (nSPS) is 10.4. The van der Waals surface area contributed by atoms with E-state index in [2.05, 4.69) is 5.32 Å². The average molecular weight is 265 g/mol. The number of hydrogen-bond acceptors (Lipinski definition) is 3. The number of rotatable bonds is 5. The van der Waals surface area contributed by atoms with Gasteiger partial charge in [0.1, 0.15) is 5.84 Å². The van der Waals surface area contributed by atoms with Crippen molar-refractivity contribution in [1.82, 2.24) is 5.32 Å². The molecule has 0 heterocycles. The Morgan fingerprint density at radius 3 is 2.72 bits per heavy atom. The van der Waals surface area contributed by atoms with Gasteiger partial charge in [-0.15, -0.1) is 11.8 Å². The number of nitrogen functional groups attached to an aromatic ring is 1. The molecular formula is C13H19N3OS. The van der Waals surface area contributed by atoms with Crippen LogP contribution in [0.4, 0.5) is 0 Å². The van der Waals surface area contributed by atoms with E-state index in [1.165, 1.54) is 11.8 Å². The van der Waals surface area contributed by atoms with Gasteiger partial charge in [-0.3, -0.25) is 10.2 Å². The van der Waals surface area contributed by atoms with Crippen LogP contribution in [-0.2, 0) is 4.79 Å². The number of amidine groups is 1. The van der Waals surface area contributed by atoms with Gasteiger partial charge >= 0.3 is 0 Å². The lowest BCUT2D eigenvalue weighted by Gasteiger charge is -2.10. The van der Waals surface area contributed by atoms with Gasteiger partial charge in [-0.2, -0.15) is 0 Å². The third-order valence-electron chi connectivity index (χ3n) is 2.24. The van der Waals surface area contributed by atoms with E-state index in [0.29, 0.717) is 11.3 Å². The number of carbonyl (C=O) groups excluding carboxylic acids is 1. The Balaban J connectivity index is 2.74. The predicted octanol–water partition coefficient (Wildman–Crippen LogP) is 1.90. The maximum atomic E-state index is 11.6. The van der Waals surface area contributed by atoms with Gasteiger partial charge in [0.15, 0.2) is 0 Å². The second-order valence-corrected chi connectivity index (χ2v) is 5.44. The Bertz CT molecular complexity index is 458. The van der Waals surface area contributed by atoms with E-state index >= 15 is 0 Å². The van der Waals surface area contributed by atoms with Gasteiger partial charge in [-0.25, -0.2) is 0 Å². The number of nitrogens with two attached hydrogens (primary N) is 1. The van der Waals surface area contributed by atoms with Gasteiger partial charge < -0.3 is 11.1 Å². The molecule has 0 aliphatic carbocycles. The van der Waals surface area contributed by atoms with Gasteiger partial charge in [-0.1, -0.05) is 6.07 Å². The lowest BCUT2D eigenvalue weighted by Crippen LogP contribution is -2.31. The summed E-state index contributed by atoms with van der Waals surface area (Å²) in [4.78, 5) is 12.5. The standard InChI is InChI=1S/C13H19N3OS/c1-8(2)16-12(17)7-18-11-6-9(3)4-5-10(11)13(14)15/h4-6,8H,7H2,1-3H3,(H3,14,15)(H,16,17). The SMILES string of the molecule is Cc1ccc(C(=N)N)c(SCC(=O)NC(C)C)c1. The minimum Gasteiger partial charge on any atom is -0.384 e. The van der Waals surface area contributed by atoms with Gasteiger partial charge in [0.05, 0.1) is 5.75 Å². The molecule has 0 aliphatic heterocycles. The number of thioether (sulfide) groups is 1. The summed E-state index contributed by atoms with van der Waals surface area (Å²) in [6.45, 7) is 5.83. The van der Waals surface area contributed by atoms with E-state index in [4.69, 9.17) is 11.1 Å². The molecule has 0 aliphatic rings. The number of carbonyl (C=O) groups is 1. The summed E-state index contributed by atoms with van der Waals surface area (Å²) in [6.07, 6.45) is 0. The molecule has 4 N–H and O–H groups in total. The summed E-state index contributed by atoms with van der Waals surface area (Å²) in [7, 11) is 0. The maximum Gasteiger partial charge on any atom is 0.230 e. The summed E-state index contributed by atoms with van der Waals surface area (Å²) in [6, 6.07) is 5.82. The van der Waals surface area contributed by atoms with Gasteiger partial charge in [0.2, 0.25) is 5.91 Å². The lowest BCUT2D eigenvalue weighted by atomic mass is 10.1. The monoisotopic (exact) mass is 265 g/mol. The molecule has 0 fully saturated rings. The second-order valence-electron chi connectivity index (χ2n) is 4.42. The van der Waals surface area contributed by atoms with Crippen molar-refractivity contribution in [2.24, 2.45) is 5.73 Å². The maximum absolute atomic E-state index is 11.6. The largest absolute Gasteiger partial charge is 0.384 e. The van der Waals surface area contributed by atoms with Gasteiger partial charge in [0.25, 0.3) is 0 Å². The Hall–Kier alpha value is -1.49. The zero-order chi connectivity index (χ0) is 13.7. The van der Waals surface area contributed by atoms with Crippen LogP contribution in [0.1, 0.15) is 25.0 Å². The fourth-order valence-corrected chi connectivity index (χ4v) is 2.45. The molecule has 0 saturated heterocycles. The quantitative estimate of drug-likeness (QED) is 0.432. The molecule has 18 heavy (non-hydrogen) atoms. The number of nitrogens with one attached hydrogen (secondary N) is 2. The molecule has 98 valence electrons. The smallest absolute Gasteiger partial charge is 0.230 e. The average Bonchev–Trinajstić information content (AvgIpc) is 2.25. The number of aryl methyl sites for hydroxylation is 1. The number of hydrogen-bond donors (Lipinski definition) is 3. The van der Waals surface area contributed by atoms with Crippen LogP contribution in [0.15, 0.2) is 23.1 Å². The highest BCUT2D eigenvalue weighted by Gasteiger charge is 2.09. The van der Waals surface area contributed by atoms with Crippen LogP contribution in [0.25, 0.3) is 0 Å². The number of benzene rings is 1. The highest BCUT2D eigenvalue weighted by molar-refractivity contribution is 8.00. The molecule has 1 aromatic rings. The second kappa shape index (κ2) is 6.44. The molecule has 0 atom stereocenters. The first kappa shape index (κ1) is 14.6. The van der Waals surface area contributed by atoms with E-state index in [0.717, 1.165) is 10.5 Å². The summed E-state index contributed by atoms with van der Waals surface area (Å²) in [5.41, 5.74) is 7.29. The van der Waals surface area contributed by atoms with E-state index in [-0.39, 0.29) is 17.8 Å². The molecule has 0 bridgehead atoms. The molecular weight excluding hydrogens is 246 g/mol. The summed E-state index contributed by atoms with van der Waals surface area (Å²) >= 11 is 1.41. The summed E-state index contributed by atoms with van der Waals surface area (Å²) in [5, 5.41) is 10.3. The minimum atomic E-state index is -0.00833. The first-order valence-electron chi connectivity index (χ1n) is 5.77. The van der Waals surface area contributed by atoms with Crippen molar-refractivity contribution >= 4 is 23.5 Å². The fourth-order valence-electron chi connectivity index (χ4n) is 1.48. The van der Waals surface area contributed by atoms with E-state index in [1.54, 1.807) is 0 Å². The van der Waals surface area contributed by atoms with Gasteiger partial charge in [0, 0.05) is 16.5 Å². The molecule has 1 aromatic carbocycles. The summed E-state index contributed by atoms with van der Waals surface area (Å²) in [5.74, 6) is 0.356. The van der Waals surface area contributed by atoms with Crippen molar-refractivity contribution in [2.45, 2.75) is 31.7 Å². The third-order valence-corrected chi connectivity index (χ3v) is 3.29. The first-order valence-corrected chi connectivity index (χ1v) is 6.76. The van der Waals surface area contributed by atoms with Crippen molar-refractivity contribution < 1.29 is 4.79 Å². The zero-order valence-electron chi connectivity index (χ0n) is 10.9. The van der Waals surface area contributed by atoms with Crippen molar-refractivity contribution in [3.63, 3.8) is 0 Å².